The number of hydrogen-bond acceptors (Lipinski definition) is 3. The lowest BCUT2D eigenvalue weighted by Crippen LogP contribution is -2.07. The molecule has 0 radical (unpaired) electrons. The minimum atomic E-state index is -0.436. The maximum Gasteiger partial charge on any atom is 0.373 e. The third-order valence-corrected chi connectivity index (χ3v) is 6.42. The molecule has 0 aromatic heterocycles. The molecule has 0 aliphatic rings. The molecule has 34 heavy (non-hydrogen) atoms. The molecule has 0 unspecified atom stereocenters. The average molecular weight is 467 g/mol. The van der Waals surface area contributed by atoms with E-state index >= 15 is 0 Å². The molecule has 0 heterocycles. The fourth-order valence-electron chi connectivity index (χ4n) is 4.31. The van der Waals surface area contributed by atoms with Gasteiger partial charge >= 0.3 is 5.97 Å². The quantitative estimate of drug-likeness (QED) is 0.111. The van der Waals surface area contributed by atoms with Crippen molar-refractivity contribution in [2.24, 2.45) is 0 Å². The van der Waals surface area contributed by atoms with E-state index in [1.165, 1.54) is 89.9 Å². The van der Waals surface area contributed by atoms with Gasteiger partial charge in [-0.15, -0.1) is 0 Å². The predicted octanol–water partition coefficient (Wildman–Crippen LogP) is 9.70. The van der Waals surface area contributed by atoms with E-state index in [2.05, 4.69) is 6.92 Å². The fourth-order valence-corrected chi connectivity index (χ4v) is 4.31. The highest BCUT2D eigenvalue weighted by molar-refractivity contribution is 5.90. The number of carbonyl (C=O) groups excluding carboxylic acids is 1. The topological polar surface area (TPSA) is 35.5 Å². The van der Waals surface area contributed by atoms with E-state index in [9.17, 15) is 4.79 Å². The lowest BCUT2D eigenvalue weighted by Gasteiger charge is -2.06. The van der Waals surface area contributed by atoms with Gasteiger partial charge in [-0.1, -0.05) is 146 Å². The molecule has 0 fully saturated rings. The van der Waals surface area contributed by atoms with Gasteiger partial charge in [-0.2, -0.15) is 4.89 Å². The minimum Gasteiger partial charge on any atom is -0.293 e. The van der Waals surface area contributed by atoms with Crippen molar-refractivity contribution in [1.29, 1.82) is 0 Å². The van der Waals surface area contributed by atoms with Crippen molar-refractivity contribution in [2.45, 2.75) is 110 Å². The SMILES string of the molecule is CCCCCCCCCCCCCCCCCCOOC(=O)c1cccc(-c2ccccc2)c1. The van der Waals surface area contributed by atoms with Gasteiger partial charge in [-0.05, 0) is 29.7 Å². The summed E-state index contributed by atoms with van der Waals surface area (Å²) in [5.74, 6) is -0.436. The van der Waals surface area contributed by atoms with Crippen molar-refractivity contribution in [3.05, 3.63) is 60.2 Å². The Bertz CT molecular complexity index is 756. The molecule has 0 atom stereocenters. The highest BCUT2D eigenvalue weighted by Gasteiger charge is 2.09. The highest BCUT2D eigenvalue weighted by Crippen LogP contribution is 2.20. The summed E-state index contributed by atoms with van der Waals surface area (Å²) in [6, 6.07) is 17.5. The van der Waals surface area contributed by atoms with E-state index in [0.717, 1.165) is 24.0 Å². The number of hydrogen-bond donors (Lipinski definition) is 0. The number of carbonyl (C=O) groups is 1. The van der Waals surface area contributed by atoms with Crippen LogP contribution in [0.3, 0.4) is 0 Å². The van der Waals surface area contributed by atoms with E-state index < -0.39 is 5.97 Å². The van der Waals surface area contributed by atoms with Gasteiger partial charge in [0.15, 0.2) is 0 Å². The van der Waals surface area contributed by atoms with Gasteiger partial charge in [-0.3, -0.25) is 4.89 Å². The van der Waals surface area contributed by atoms with Gasteiger partial charge in [0.05, 0.1) is 12.2 Å². The Balaban J connectivity index is 1.39. The molecule has 0 N–H and O–H groups in total. The van der Waals surface area contributed by atoms with Gasteiger partial charge in [0, 0.05) is 0 Å². The molecule has 0 aliphatic carbocycles. The summed E-state index contributed by atoms with van der Waals surface area (Å²) in [7, 11) is 0. The Morgan fingerprint density at radius 1 is 0.588 bits per heavy atom. The van der Waals surface area contributed by atoms with Crippen molar-refractivity contribution in [2.75, 3.05) is 6.61 Å². The first-order valence-electron chi connectivity index (χ1n) is 13.8. The fraction of sp³-hybridized carbons (Fsp3) is 0.581. The summed E-state index contributed by atoms with van der Waals surface area (Å²) in [6.07, 6.45) is 21.4. The van der Waals surface area contributed by atoms with Crippen molar-refractivity contribution in [1.82, 2.24) is 0 Å². The largest absolute Gasteiger partial charge is 0.373 e. The van der Waals surface area contributed by atoms with Crippen LogP contribution in [0.1, 0.15) is 120 Å². The van der Waals surface area contributed by atoms with Gasteiger partial charge in [0.25, 0.3) is 0 Å². The van der Waals surface area contributed by atoms with Gasteiger partial charge in [-0.25, -0.2) is 4.79 Å². The van der Waals surface area contributed by atoms with Crippen LogP contribution in [0.2, 0.25) is 0 Å². The molecule has 0 bridgehead atoms. The van der Waals surface area contributed by atoms with Crippen molar-refractivity contribution >= 4 is 5.97 Å². The summed E-state index contributed by atoms with van der Waals surface area (Å²) in [5.41, 5.74) is 2.58. The van der Waals surface area contributed by atoms with Gasteiger partial charge in [0.2, 0.25) is 0 Å². The summed E-state index contributed by atoms with van der Waals surface area (Å²) in [5, 5.41) is 0. The molecular formula is C31H46O3. The van der Waals surface area contributed by atoms with Crippen molar-refractivity contribution < 1.29 is 14.6 Å². The zero-order chi connectivity index (χ0) is 24.1. The normalized spacial score (nSPS) is 11.0. The van der Waals surface area contributed by atoms with Crippen LogP contribution >= 0.6 is 0 Å². The third-order valence-electron chi connectivity index (χ3n) is 6.42. The smallest absolute Gasteiger partial charge is 0.293 e. The van der Waals surface area contributed by atoms with E-state index in [0.29, 0.717) is 12.2 Å². The molecule has 3 nitrogen and oxygen atoms in total. The van der Waals surface area contributed by atoms with Crippen molar-refractivity contribution in [3.63, 3.8) is 0 Å². The Morgan fingerprint density at radius 3 is 1.65 bits per heavy atom. The molecule has 0 spiro atoms. The molecule has 2 rings (SSSR count). The summed E-state index contributed by atoms with van der Waals surface area (Å²) in [6.45, 7) is 2.74. The average Bonchev–Trinajstić information content (AvgIpc) is 2.88. The number of rotatable bonds is 20. The van der Waals surface area contributed by atoms with Crippen LogP contribution in [0.5, 0.6) is 0 Å². The van der Waals surface area contributed by atoms with Crippen molar-refractivity contribution in [3.8, 4) is 11.1 Å². The molecule has 188 valence electrons. The van der Waals surface area contributed by atoms with Crippen LogP contribution < -0.4 is 0 Å². The van der Waals surface area contributed by atoms with Crippen LogP contribution in [0.15, 0.2) is 54.6 Å². The summed E-state index contributed by atoms with van der Waals surface area (Å²) in [4.78, 5) is 22.4. The first-order valence-corrected chi connectivity index (χ1v) is 13.8. The van der Waals surface area contributed by atoms with Crippen LogP contribution in [0.25, 0.3) is 11.1 Å². The molecule has 2 aromatic carbocycles. The third kappa shape index (κ3) is 12.9. The summed E-state index contributed by atoms with van der Waals surface area (Å²) >= 11 is 0. The van der Waals surface area contributed by atoms with Crippen LogP contribution in [0, 0.1) is 0 Å². The van der Waals surface area contributed by atoms with E-state index in [1.807, 2.05) is 48.5 Å². The molecule has 0 saturated carbocycles. The van der Waals surface area contributed by atoms with E-state index in [-0.39, 0.29) is 0 Å². The molecule has 2 aromatic rings. The monoisotopic (exact) mass is 466 g/mol. The Morgan fingerprint density at radius 2 is 1.09 bits per heavy atom. The second kappa shape index (κ2) is 19.2. The molecule has 3 heteroatoms. The number of unbranched alkanes of at least 4 members (excludes halogenated alkanes) is 15. The van der Waals surface area contributed by atoms with Gasteiger partial charge in [0.1, 0.15) is 0 Å². The molecule has 0 amide bonds. The molecular weight excluding hydrogens is 420 g/mol. The molecule has 0 aliphatic heterocycles. The first kappa shape index (κ1) is 28.1. The lowest BCUT2D eigenvalue weighted by molar-refractivity contribution is -0.241. The maximum absolute atomic E-state index is 12.3. The Kier molecular flexibility index (Phi) is 15.9. The Hall–Kier alpha value is -2.13. The summed E-state index contributed by atoms with van der Waals surface area (Å²) < 4.78 is 0. The van der Waals surface area contributed by atoms with Gasteiger partial charge < -0.3 is 0 Å². The first-order chi connectivity index (χ1) is 16.8. The zero-order valence-electron chi connectivity index (χ0n) is 21.4. The maximum atomic E-state index is 12.3. The van der Waals surface area contributed by atoms with Crippen LogP contribution in [-0.2, 0) is 9.78 Å². The zero-order valence-corrected chi connectivity index (χ0v) is 21.4. The highest BCUT2D eigenvalue weighted by atomic mass is 17.2. The Labute approximate surface area is 208 Å². The lowest BCUT2D eigenvalue weighted by atomic mass is 10.0. The minimum absolute atomic E-state index is 0.436. The number of benzene rings is 2. The van der Waals surface area contributed by atoms with Crippen LogP contribution in [-0.4, -0.2) is 12.6 Å². The van der Waals surface area contributed by atoms with Crippen LogP contribution in [0.4, 0.5) is 0 Å². The van der Waals surface area contributed by atoms with E-state index in [1.54, 1.807) is 6.07 Å². The van der Waals surface area contributed by atoms with E-state index in [4.69, 9.17) is 9.78 Å². The second-order valence-electron chi connectivity index (χ2n) is 9.44. The predicted molar refractivity (Wildman–Crippen MR) is 143 cm³/mol. The standard InChI is InChI=1S/C31H46O3/c1-2-3-4-5-6-7-8-9-10-11-12-13-14-15-16-20-26-33-34-31(32)30-25-21-24-29(27-30)28-22-18-17-19-23-28/h17-19,21-25,27H,2-16,20,26H2,1H3. The molecule has 0 saturated heterocycles. The second-order valence-corrected chi connectivity index (χ2v) is 9.44.